The highest BCUT2D eigenvalue weighted by atomic mass is 35.6. The Kier molecular flexibility index (Phi) is 7.42. The number of anilines is 1. The number of benzene rings is 3. The highest BCUT2D eigenvalue weighted by Gasteiger charge is 2.34. The SMILES string of the molecule is Cc1ccc(NC(=S)N[C@@H](NC(=O)Cc2cccc3ccccc23)C(Cl)(Cl)Cl)cc1. The second-order valence-electron chi connectivity index (χ2n) is 6.82. The summed E-state index contributed by atoms with van der Waals surface area (Å²) in [7, 11) is 0. The number of alkyl halides is 3. The Morgan fingerprint density at radius 2 is 1.63 bits per heavy atom. The van der Waals surface area contributed by atoms with Crippen molar-refractivity contribution >= 4 is 74.5 Å². The van der Waals surface area contributed by atoms with E-state index in [-0.39, 0.29) is 17.4 Å². The number of hydrogen-bond acceptors (Lipinski definition) is 2. The number of hydrogen-bond donors (Lipinski definition) is 3. The van der Waals surface area contributed by atoms with E-state index in [9.17, 15) is 4.79 Å². The van der Waals surface area contributed by atoms with Crippen molar-refractivity contribution in [3.8, 4) is 0 Å². The van der Waals surface area contributed by atoms with E-state index in [1.54, 1.807) is 0 Å². The van der Waals surface area contributed by atoms with Gasteiger partial charge in [-0.05, 0) is 47.6 Å². The van der Waals surface area contributed by atoms with E-state index in [2.05, 4.69) is 16.0 Å². The number of thiocarbonyl (C=S) groups is 1. The minimum absolute atomic E-state index is 0.137. The summed E-state index contributed by atoms with van der Waals surface area (Å²) in [5, 5.41) is 10.9. The monoisotopic (exact) mass is 479 g/mol. The van der Waals surface area contributed by atoms with Gasteiger partial charge in [0.25, 0.3) is 0 Å². The lowest BCUT2D eigenvalue weighted by Crippen LogP contribution is -2.56. The van der Waals surface area contributed by atoms with Crippen LogP contribution in [0.25, 0.3) is 10.8 Å². The van der Waals surface area contributed by atoms with Gasteiger partial charge in [-0.3, -0.25) is 4.79 Å². The minimum Gasteiger partial charge on any atom is -0.339 e. The number of carbonyl (C=O) groups is 1. The predicted octanol–water partition coefficient (Wildman–Crippen LogP) is 5.49. The van der Waals surface area contributed by atoms with E-state index < -0.39 is 9.96 Å². The van der Waals surface area contributed by atoms with Crippen molar-refractivity contribution in [3.05, 3.63) is 77.9 Å². The third kappa shape index (κ3) is 6.22. The number of carbonyl (C=O) groups excluding carboxylic acids is 1. The number of nitrogens with one attached hydrogen (secondary N) is 3. The zero-order chi connectivity index (χ0) is 21.7. The fourth-order valence-electron chi connectivity index (χ4n) is 2.97. The molecule has 156 valence electrons. The number of aryl methyl sites for hydroxylation is 1. The number of fused-ring (bicyclic) bond motifs is 1. The Hall–Kier alpha value is -2.05. The van der Waals surface area contributed by atoms with Crippen LogP contribution in [0, 0.1) is 6.92 Å². The summed E-state index contributed by atoms with van der Waals surface area (Å²) in [4.78, 5) is 12.7. The van der Waals surface area contributed by atoms with Gasteiger partial charge in [0.2, 0.25) is 9.70 Å². The molecule has 0 radical (unpaired) electrons. The maximum Gasteiger partial charge on any atom is 0.228 e. The molecule has 0 fully saturated rings. The molecule has 1 atom stereocenters. The van der Waals surface area contributed by atoms with E-state index in [4.69, 9.17) is 47.0 Å². The largest absolute Gasteiger partial charge is 0.339 e. The molecule has 3 rings (SSSR count). The first-order valence-corrected chi connectivity index (χ1v) is 10.7. The third-order valence-electron chi connectivity index (χ3n) is 4.45. The second-order valence-corrected chi connectivity index (χ2v) is 9.60. The van der Waals surface area contributed by atoms with Gasteiger partial charge in [-0.25, -0.2) is 0 Å². The summed E-state index contributed by atoms with van der Waals surface area (Å²) in [6, 6.07) is 21.3. The van der Waals surface area contributed by atoms with Crippen molar-refractivity contribution in [2.75, 3.05) is 5.32 Å². The fraction of sp³-hybridized carbons (Fsp3) is 0.182. The lowest BCUT2D eigenvalue weighted by atomic mass is 10.0. The van der Waals surface area contributed by atoms with Crippen LogP contribution >= 0.6 is 47.0 Å². The van der Waals surface area contributed by atoms with Crippen molar-refractivity contribution in [3.63, 3.8) is 0 Å². The van der Waals surface area contributed by atoms with Crippen LogP contribution in [0.5, 0.6) is 0 Å². The van der Waals surface area contributed by atoms with Crippen LogP contribution < -0.4 is 16.0 Å². The molecule has 8 heteroatoms. The highest BCUT2D eigenvalue weighted by molar-refractivity contribution is 7.80. The van der Waals surface area contributed by atoms with Crippen LogP contribution in [0.3, 0.4) is 0 Å². The molecule has 0 bridgehead atoms. The van der Waals surface area contributed by atoms with Gasteiger partial charge < -0.3 is 16.0 Å². The molecule has 0 aromatic heterocycles. The van der Waals surface area contributed by atoms with Gasteiger partial charge in [0.15, 0.2) is 5.11 Å². The van der Waals surface area contributed by atoms with Crippen LogP contribution in [0.4, 0.5) is 5.69 Å². The quantitative estimate of drug-likeness (QED) is 0.257. The van der Waals surface area contributed by atoms with Gasteiger partial charge in [0.1, 0.15) is 6.17 Å². The molecule has 0 aliphatic carbocycles. The van der Waals surface area contributed by atoms with E-state index in [0.717, 1.165) is 27.6 Å². The molecule has 0 unspecified atom stereocenters. The van der Waals surface area contributed by atoms with Crippen LogP contribution in [0.2, 0.25) is 0 Å². The van der Waals surface area contributed by atoms with Gasteiger partial charge in [0, 0.05) is 5.69 Å². The zero-order valence-electron chi connectivity index (χ0n) is 16.1. The third-order valence-corrected chi connectivity index (χ3v) is 5.32. The second kappa shape index (κ2) is 9.84. The van der Waals surface area contributed by atoms with Crippen molar-refractivity contribution in [1.29, 1.82) is 0 Å². The van der Waals surface area contributed by atoms with Gasteiger partial charge in [-0.2, -0.15) is 0 Å². The maximum absolute atomic E-state index is 12.7. The molecule has 3 aromatic rings. The van der Waals surface area contributed by atoms with Crippen molar-refractivity contribution in [1.82, 2.24) is 10.6 Å². The average Bonchev–Trinajstić information content (AvgIpc) is 2.69. The molecule has 4 nitrogen and oxygen atoms in total. The topological polar surface area (TPSA) is 53.2 Å². The molecule has 0 saturated carbocycles. The van der Waals surface area contributed by atoms with Gasteiger partial charge in [0.05, 0.1) is 6.42 Å². The smallest absolute Gasteiger partial charge is 0.228 e. The molecule has 0 saturated heterocycles. The lowest BCUT2D eigenvalue weighted by Gasteiger charge is -2.28. The molecule has 0 aliphatic rings. The Morgan fingerprint density at radius 1 is 0.967 bits per heavy atom. The maximum atomic E-state index is 12.7. The average molecular weight is 481 g/mol. The normalized spacial score (nSPS) is 12.3. The Labute approximate surface area is 195 Å². The summed E-state index contributed by atoms with van der Waals surface area (Å²) in [6.07, 6.45) is -0.881. The highest BCUT2D eigenvalue weighted by Crippen LogP contribution is 2.29. The van der Waals surface area contributed by atoms with E-state index >= 15 is 0 Å². The van der Waals surface area contributed by atoms with Crippen molar-refractivity contribution in [2.24, 2.45) is 0 Å². The number of amides is 1. The molecule has 3 aromatic carbocycles. The van der Waals surface area contributed by atoms with Crippen LogP contribution in [-0.2, 0) is 11.2 Å². The summed E-state index contributed by atoms with van der Waals surface area (Å²) in [6.45, 7) is 1.99. The van der Waals surface area contributed by atoms with Crippen LogP contribution in [-0.4, -0.2) is 21.0 Å². The molecule has 0 heterocycles. The zero-order valence-corrected chi connectivity index (χ0v) is 19.2. The van der Waals surface area contributed by atoms with Gasteiger partial charge in [-0.15, -0.1) is 0 Å². The number of rotatable bonds is 5. The summed E-state index contributed by atoms with van der Waals surface area (Å²) in [5.74, 6) is -0.298. The first-order valence-electron chi connectivity index (χ1n) is 9.19. The van der Waals surface area contributed by atoms with Crippen molar-refractivity contribution in [2.45, 2.75) is 23.3 Å². The van der Waals surface area contributed by atoms with E-state index in [0.29, 0.717) is 0 Å². The summed E-state index contributed by atoms with van der Waals surface area (Å²) < 4.78 is -1.81. The molecular formula is C22H20Cl3N3OS. The first kappa shape index (κ1) is 22.6. The van der Waals surface area contributed by atoms with Gasteiger partial charge >= 0.3 is 0 Å². The Morgan fingerprint density at radius 3 is 2.33 bits per heavy atom. The summed E-state index contributed by atoms with van der Waals surface area (Å²) in [5.41, 5.74) is 2.79. The standard InChI is InChI=1S/C22H20Cl3N3OS/c1-14-9-11-17(12-10-14)26-21(30)28-20(22(23,24)25)27-19(29)13-16-7-4-6-15-5-2-3-8-18(15)16/h2-12,20H,13H2,1H3,(H,27,29)(H2,26,28,30)/t20-/m1/s1. The molecule has 1 amide bonds. The molecule has 0 spiro atoms. The van der Waals surface area contributed by atoms with Crippen LogP contribution in [0.1, 0.15) is 11.1 Å². The molecule has 0 aliphatic heterocycles. The molecular weight excluding hydrogens is 461 g/mol. The minimum atomic E-state index is -1.81. The van der Waals surface area contributed by atoms with Crippen molar-refractivity contribution < 1.29 is 4.79 Å². The molecule has 3 N–H and O–H groups in total. The Bertz CT molecular complexity index is 1050. The summed E-state index contributed by atoms with van der Waals surface area (Å²) >= 11 is 23.5. The van der Waals surface area contributed by atoms with E-state index in [1.807, 2.05) is 73.7 Å². The predicted molar refractivity (Wildman–Crippen MR) is 130 cm³/mol. The number of halogens is 3. The Balaban J connectivity index is 1.67. The molecule has 30 heavy (non-hydrogen) atoms. The fourth-order valence-corrected chi connectivity index (χ4v) is 3.53. The van der Waals surface area contributed by atoms with E-state index in [1.165, 1.54) is 0 Å². The van der Waals surface area contributed by atoms with Gasteiger partial charge in [-0.1, -0.05) is 95.0 Å². The lowest BCUT2D eigenvalue weighted by molar-refractivity contribution is -0.121. The first-order chi connectivity index (χ1) is 14.2. The van der Waals surface area contributed by atoms with Crippen LogP contribution in [0.15, 0.2) is 66.7 Å².